The van der Waals surface area contributed by atoms with Crippen molar-refractivity contribution in [1.29, 1.82) is 0 Å². The molecule has 0 aliphatic carbocycles. The van der Waals surface area contributed by atoms with Crippen LogP contribution in [0.15, 0.2) is 65.9 Å². The van der Waals surface area contributed by atoms with Crippen LogP contribution in [0.1, 0.15) is 11.1 Å². The zero-order valence-electron chi connectivity index (χ0n) is 9.18. The summed E-state index contributed by atoms with van der Waals surface area (Å²) in [6, 6.07) is 11.1. The third-order valence-corrected chi connectivity index (χ3v) is 3.16. The van der Waals surface area contributed by atoms with Gasteiger partial charge in [-0.1, -0.05) is 46.8 Å². The number of benzene rings is 1. The first-order valence-electron chi connectivity index (χ1n) is 5.19. The second kappa shape index (κ2) is 4.82. The zero-order valence-corrected chi connectivity index (χ0v) is 10.8. The molecule has 0 saturated carbocycles. The molecule has 0 bridgehead atoms. The number of rotatable bonds is 3. The van der Waals surface area contributed by atoms with Crippen molar-refractivity contribution >= 4 is 15.9 Å². The molecule has 0 fully saturated rings. The van der Waals surface area contributed by atoms with Gasteiger partial charge in [-0.2, -0.15) is 0 Å². The number of nitrogens with zero attached hydrogens (tertiary/aromatic N) is 1. The highest BCUT2D eigenvalue weighted by atomic mass is 79.9. The molecule has 0 aliphatic rings. The number of pyridine rings is 1. The fourth-order valence-electron chi connectivity index (χ4n) is 1.72. The van der Waals surface area contributed by atoms with Gasteiger partial charge >= 0.3 is 0 Å². The summed E-state index contributed by atoms with van der Waals surface area (Å²) in [5, 5.41) is 10.7. The first-order chi connectivity index (χ1) is 8.16. The third kappa shape index (κ3) is 2.30. The fourth-order valence-corrected chi connectivity index (χ4v) is 2.12. The molecule has 0 amide bonds. The van der Waals surface area contributed by atoms with E-state index in [0.717, 1.165) is 10.0 Å². The predicted molar refractivity (Wildman–Crippen MR) is 71.6 cm³/mol. The minimum absolute atomic E-state index is 0.702. The average Bonchev–Trinajstić information content (AvgIpc) is 2.39. The van der Waals surface area contributed by atoms with Crippen LogP contribution >= 0.6 is 15.9 Å². The monoisotopic (exact) mass is 289 g/mol. The molecule has 2 aromatic rings. The molecule has 1 N–H and O–H groups in total. The molecule has 3 heteroatoms. The van der Waals surface area contributed by atoms with E-state index in [1.165, 1.54) is 6.08 Å². The lowest BCUT2D eigenvalue weighted by Crippen LogP contribution is -2.24. The van der Waals surface area contributed by atoms with Gasteiger partial charge in [0.1, 0.15) is 5.60 Å². The number of aliphatic hydroxyl groups is 1. The fraction of sp³-hybridized carbons (Fsp3) is 0.0714. The van der Waals surface area contributed by atoms with E-state index in [1.54, 1.807) is 18.5 Å². The van der Waals surface area contributed by atoms with E-state index in [-0.39, 0.29) is 0 Å². The second-order valence-corrected chi connectivity index (χ2v) is 4.64. The Morgan fingerprint density at radius 2 is 2.00 bits per heavy atom. The summed E-state index contributed by atoms with van der Waals surface area (Å²) >= 11 is 3.40. The van der Waals surface area contributed by atoms with Crippen LogP contribution in [0, 0.1) is 0 Å². The lowest BCUT2D eigenvalue weighted by molar-refractivity contribution is 0.134. The summed E-state index contributed by atoms with van der Waals surface area (Å²) in [6.45, 7) is 3.72. The Labute approximate surface area is 109 Å². The van der Waals surface area contributed by atoms with E-state index in [4.69, 9.17) is 0 Å². The molecule has 0 radical (unpaired) electrons. The Bertz CT molecular complexity index is 527. The number of halogens is 1. The molecule has 1 aromatic heterocycles. The Morgan fingerprint density at radius 3 is 2.59 bits per heavy atom. The van der Waals surface area contributed by atoms with E-state index in [9.17, 15) is 5.11 Å². The highest BCUT2D eigenvalue weighted by Crippen LogP contribution is 2.31. The van der Waals surface area contributed by atoms with Crippen LogP contribution in [0.25, 0.3) is 0 Å². The summed E-state index contributed by atoms with van der Waals surface area (Å²) in [5.74, 6) is 0. The van der Waals surface area contributed by atoms with Gasteiger partial charge in [0.2, 0.25) is 0 Å². The summed E-state index contributed by atoms with van der Waals surface area (Å²) in [4.78, 5) is 4.03. The van der Waals surface area contributed by atoms with Gasteiger partial charge in [-0.05, 0) is 23.8 Å². The smallest absolute Gasteiger partial charge is 0.134 e. The first kappa shape index (κ1) is 12.0. The minimum Gasteiger partial charge on any atom is -0.377 e. The van der Waals surface area contributed by atoms with Crippen LogP contribution in [-0.2, 0) is 5.60 Å². The van der Waals surface area contributed by atoms with Crippen molar-refractivity contribution in [2.75, 3.05) is 0 Å². The van der Waals surface area contributed by atoms with E-state index < -0.39 is 5.60 Å². The second-order valence-electron chi connectivity index (χ2n) is 3.72. The SMILES string of the molecule is C=CC(O)(c1cccnc1)c1cccc(Br)c1. The van der Waals surface area contributed by atoms with Crippen LogP contribution in [0.2, 0.25) is 0 Å². The molecule has 0 aliphatic heterocycles. The summed E-state index contributed by atoms with van der Waals surface area (Å²) in [7, 11) is 0. The van der Waals surface area contributed by atoms with Crippen molar-refractivity contribution in [2.24, 2.45) is 0 Å². The maximum Gasteiger partial charge on any atom is 0.134 e. The quantitative estimate of drug-likeness (QED) is 0.880. The van der Waals surface area contributed by atoms with Gasteiger partial charge in [0.05, 0.1) is 0 Å². The van der Waals surface area contributed by atoms with Gasteiger partial charge < -0.3 is 5.11 Å². The molecular formula is C14H12BrNO. The van der Waals surface area contributed by atoms with Gasteiger partial charge in [-0.15, -0.1) is 0 Å². The molecule has 1 atom stereocenters. The lowest BCUT2D eigenvalue weighted by atomic mass is 9.87. The van der Waals surface area contributed by atoms with Crippen LogP contribution < -0.4 is 0 Å². The van der Waals surface area contributed by atoms with Gasteiger partial charge in [0.25, 0.3) is 0 Å². The predicted octanol–water partition coefficient (Wildman–Crippen LogP) is 3.27. The molecular weight excluding hydrogens is 278 g/mol. The number of hydrogen-bond acceptors (Lipinski definition) is 2. The highest BCUT2D eigenvalue weighted by molar-refractivity contribution is 9.10. The summed E-state index contributed by atoms with van der Waals surface area (Å²) < 4.78 is 0.916. The molecule has 1 aromatic carbocycles. The molecule has 1 unspecified atom stereocenters. The van der Waals surface area contributed by atoms with Crippen molar-refractivity contribution in [3.8, 4) is 0 Å². The Hall–Kier alpha value is -1.45. The van der Waals surface area contributed by atoms with Crippen molar-refractivity contribution in [3.05, 3.63) is 77.0 Å². The van der Waals surface area contributed by atoms with E-state index in [1.807, 2.05) is 30.3 Å². The summed E-state index contributed by atoms with van der Waals surface area (Å²) in [6.07, 6.45) is 4.84. The molecule has 17 heavy (non-hydrogen) atoms. The van der Waals surface area contributed by atoms with Crippen LogP contribution in [0.5, 0.6) is 0 Å². The van der Waals surface area contributed by atoms with Gasteiger partial charge in [-0.25, -0.2) is 0 Å². The average molecular weight is 290 g/mol. The molecule has 2 nitrogen and oxygen atoms in total. The van der Waals surface area contributed by atoms with Crippen molar-refractivity contribution < 1.29 is 5.11 Å². The van der Waals surface area contributed by atoms with E-state index in [2.05, 4.69) is 27.5 Å². The normalized spacial score (nSPS) is 14.0. The van der Waals surface area contributed by atoms with Crippen molar-refractivity contribution in [3.63, 3.8) is 0 Å². The Kier molecular flexibility index (Phi) is 3.41. The third-order valence-electron chi connectivity index (χ3n) is 2.66. The van der Waals surface area contributed by atoms with Crippen LogP contribution in [-0.4, -0.2) is 10.1 Å². The molecule has 0 spiro atoms. The topological polar surface area (TPSA) is 33.1 Å². The summed E-state index contributed by atoms with van der Waals surface area (Å²) in [5.41, 5.74) is 0.251. The van der Waals surface area contributed by atoms with E-state index >= 15 is 0 Å². The van der Waals surface area contributed by atoms with E-state index in [0.29, 0.717) is 5.56 Å². The first-order valence-corrected chi connectivity index (χ1v) is 5.98. The minimum atomic E-state index is -1.21. The molecule has 2 rings (SSSR count). The molecule has 1 heterocycles. The number of aromatic nitrogens is 1. The van der Waals surface area contributed by atoms with Crippen LogP contribution in [0.3, 0.4) is 0 Å². The largest absolute Gasteiger partial charge is 0.377 e. The maximum absolute atomic E-state index is 10.7. The standard InChI is InChI=1S/C14H12BrNO/c1-2-14(17,12-6-4-8-16-10-12)11-5-3-7-13(15)9-11/h2-10,17H,1H2. The zero-order chi connectivity index (χ0) is 12.3. The van der Waals surface area contributed by atoms with Gasteiger partial charge in [0, 0.05) is 22.4 Å². The van der Waals surface area contributed by atoms with Crippen molar-refractivity contribution in [1.82, 2.24) is 4.98 Å². The molecule has 86 valence electrons. The molecule has 0 saturated heterocycles. The van der Waals surface area contributed by atoms with Gasteiger partial charge in [-0.3, -0.25) is 4.98 Å². The Balaban J connectivity index is 2.56. The van der Waals surface area contributed by atoms with Crippen LogP contribution in [0.4, 0.5) is 0 Å². The maximum atomic E-state index is 10.7. The number of hydrogen-bond donors (Lipinski definition) is 1. The van der Waals surface area contributed by atoms with Crippen molar-refractivity contribution in [2.45, 2.75) is 5.60 Å². The van der Waals surface area contributed by atoms with Gasteiger partial charge in [0.15, 0.2) is 0 Å². The highest BCUT2D eigenvalue weighted by Gasteiger charge is 2.28. The lowest BCUT2D eigenvalue weighted by Gasteiger charge is -2.25. The Morgan fingerprint density at radius 1 is 1.24 bits per heavy atom.